The molecule has 1 saturated heterocycles. The summed E-state index contributed by atoms with van der Waals surface area (Å²) in [5, 5.41) is 6.98. The van der Waals surface area contributed by atoms with E-state index >= 15 is 0 Å². The third kappa shape index (κ3) is 7.73. The van der Waals surface area contributed by atoms with Gasteiger partial charge in [-0.1, -0.05) is 13.0 Å². The normalized spacial score (nSPS) is 17.6. The Morgan fingerprint density at radius 3 is 2.49 bits per heavy atom. The number of nitrogens with one attached hydrogen (secondary N) is 3. The Morgan fingerprint density at radius 2 is 1.82 bits per heavy atom. The molecule has 0 saturated carbocycles. The number of rotatable bonds is 9. The van der Waals surface area contributed by atoms with Crippen LogP contribution in [-0.2, 0) is 23.0 Å². The van der Waals surface area contributed by atoms with Crippen molar-refractivity contribution in [1.29, 1.82) is 0 Å². The molecular weight excluding hydrogens is 514 g/mol. The van der Waals surface area contributed by atoms with Crippen molar-refractivity contribution in [3.05, 3.63) is 70.8 Å². The van der Waals surface area contributed by atoms with Crippen molar-refractivity contribution in [2.24, 2.45) is 0 Å². The summed E-state index contributed by atoms with van der Waals surface area (Å²) in [7, 11) is -3.46. The van der Waals surface area contributed by atoms with Gasteiger partial charge in [0.2, 0.25) is 16.0 Å². The fraction of sp³-hybridized carbons (Fsp3) is 0.429. The van der Waals surface area contributed by atoms with E-state index in [2.05, 4.69) is 64.3 Å². The zero-order chi connectivity index (χ0) is 28.2. The molecule has 0 spiro atoms. The van der Waals surface area contributed by atoms with Gasteiger partial charge in [-0.3, -0.25) is 14.5 Å². The number of piperidine rings is 1. The third-order valence-electron chi connectivity index (χ3n) is 6.80. The number of likely N-dealkylation sites (tertiary alicyclic amines) is 1. The number of hydrogen-bond acceptors (Lipinski definition) is 8. The quantitative estimate of drug-likeness (QED) is 0.365. The van der Waals surface area contributed by atoms with Crippen molar-refractivity contribution < 1.29 is 13.2 Å². The zero-order valence-electron chi connectivity index (χ0n) is 23.2. The van der Waals surface area contributed by atoms with Gasteiger partial charge in [0.25, 0.3) is 5.91 Å². The fourth-order valence-electron chi connectivity index (χ4n) is 5.02. The van der Waals surface area contributed by atoms with Gasteiger partial charge < -0.3 is 15.5 Å². The molecule has 0 unspecified atom stereocenters. The summed E-state index contributed by atoms with van der Waals surface area (Å²) in [5.41, 5.74) is 6.02. The highest BCUT2D eigenvalue weighted by atomic mass is 32.2. The molecule has 3 N–H and O–H groups in total. The Bertz CT molecular complexity index is 1420. The van der Waals surface area contributed by atoms with Crippen LogP contribution in [0.25, 0.3) is 0 Å². The lowest BCUT2D eigenvalue weighted by atomic mass is 9.97. The monoisotopic (exact) mass is 551 g/mol. The number of pyridine rings is 1. The maximum Gasteiger partial charge on any atom is 0.255 e. The Labute approximate surface area is 230 Å². The fourth-order valence-corrected chi connectivity index (χ4v) is 5.56. The molecule has 0 bridgehead atoms. The number of nitrogens with zero attached hydrogens (tertiary/aromatic N) is 4. The highest BCUT2D eigenvalue weighted by Gasteiger charge is 2.29. The summed E-state index contributed by atoms with van der Waals surface area (Å²) in [6.45, 7) is 9.47. The van der Waals surface area contributed by atoms with Crippen molar-refractivity contribution >= 4 is 33.3 Å². The number of carbonyl (C=O) groups is 1. The molecule has 1 aliphatic rings. The first-order chi connectivity index (χ1) is 18.5. The number of benzene rings is 1. The number of hydrogen-bond donors (Lipinski definition) is 3. The molecule has 1 amide bonds. The Kier molecular flexibility index (Phi) is 8.81. The Hall–Kier alpha value is -3.57. The van der Waals surface area contributed by atoms with Crippen molar-refractivity contribution in [2.45, 2.75) is 65.6 Å². The minimum atomic E-state index is -3.46. The highest BCUT2D eigenvalue weighted by Crippen LogP contribution is 2.23. The largest absolute Gasteiger partial charge is 0.336 e. The highest BCUT2D eigenvalue weighted by molar-refractivity contribution is 7.92. The summed E-state index contributed by atoms with van der Waals surface area (Å²) >= 11 is 0. The van der Waals surface area contributed by atoms with Crippen LogP contribution >= 0.6 is 0 Å². The van der Waals surface area contributed by atoms with E-state index in [1.165, 1.54) is 29.6 Å². The predicted molar refractivity (Wildman–Crippen MR) is 154 cm³/mol. The summed E-state index contributed by atoms with van der Waals surface area (Å²) in [5.74, 6) is 0.417. The molecule has 0 radical (unpaired) electrons. The summed E-state index contributed by atoms with van der Waals surface area (Å²) in [6.07, 6.45) is 8.24. The van der Waals surface area contributed by atoms with E-state index in [9.17, 15) is 13.2 Å². The van der Waals surface area contributed by atoms with Gasteiger partial charge in [0.1, 0.15) is 0 Å². The molecule has 4 rings (SSSR count). The van der Waals surface area contributed by atoms with Gasteiger partial charge in [-0.15, -0.1) is 0 Å². The van der Waals surface area contributed by atoms with Gasteiger partial charge in [-0.05, 0) is 74.9 Å². The van der Waals surface area contributed by atoms with Crippen LogP contribution in [0.5, 0.6) is 0 Å². The molecule has 2 atom stereocenters. The van der Waals surface area contributed by atoms with Gasteiger partial charge in [0, 0.05) is 43.3 Å². The topological polar surface area (TPSA) is 129 Å². The number of aryl methyl sites for hydroxylation is 3. The van der Waals surface area contributed by atoms with Crippen LogP contribution in [0.4, 0.5) is 17.3 Å². The maximum atomic E-state index is 13.2. The van der Waals surface area contributed by atoms with E-state index in [1.54, 1.807) is 0 Å². The summed E-state index contributed by atoms with van der Waals surface area (Å²) in [6, 6.07) is 8.05. The first kappa shape index (κ1) is 28.4. The minimum Gasteiger partial charge on any atom is -0.336 e. The molecule has 11 heteroatoms. The standard InChI is InChI=1S/C28H37N7O3S/c1-6-21-15-31-28(32-24-10-18(2)9-19(3)11-24)33-26(21)17-30-23-7-8-35(20(4)12-23)27(36)22-13-25(16-29-14-22)34-39(5,37)38/h9-11,13-16,20,23,30,34H,6-8,12,17H2,1-5H3,(H,31,32,33)/t20-,23-/m1/s1. The lowest BCUT2D eigenvalue weighted by Crippen LogP contribution is -2.49. The SMILES string of the molecule is CCc1cnc(Nc2cc(C)cc(C)c2)nc1CN[C@@H]1CCN(C(=O)c2cncc(NS(C)(=O)=O)c2)[C@H](C)C1. The Balaban J connectivity index is 1.37. The number of sulfonamides is 1. The van der Waals surface area contributed by atoms with Gasteiger partial charge >= 0.3 is 0 Å². The second-order valence-electron chi connectivity index (χ2n) is 10.3. The van der Waals surface area contributed by atoms with Gasteiger partial charge in [0.05, 0.1) is 29.4 Å². The van der Waals surface area contributed by atoms with Crippen LogP contribution in [0.3, 0.4) is 0 Å². The smallest absolute Gasteiger partial charge is 0.255 e. The van der Waals surface area contributed by atoms with Crippen LogP contribution in [0, 0.1) is 13.8 Å². The van der Waals surface area contributed by atoms with E-state index < -0.39 is 10.0 Å². The first-order valence-electron chi connectivity index (χ1n) is 13.2. The van der Waals surface area contributed by atoms with Crippen LogP contribution in [0.2, 0.25) is 0 Å². The van der Waals surface area contributed by atoms with E-state index in [-0.39, 0.29) is 23.7 Å². The van der Waals surface area contributed by atoms with Crippen molar-refractivity contribution in [1.82, 2.24) is 25.2 Å². The average Bonchev–Trinajstić information content (AvgIpc) is 2.86. The third-order valence-corrected chi connectivity index (χ3v) is 7.40. The predicted octanol–water partition coefficient (Wildman–Crippen LogP) is 3.95. The van der Waals surface area contributed by atoms with E-state index in [4.69, 9.17) is 4.98 Å². The van der Waals surface area contributed by atoms with E-state index in [0.29, 0.717) is 24.6 Å². The van der Waals surface area contributed by atoms with Gasteiger partial charge in [0.15, 0.2) is 0 Å². The van der Waals surface area contributed by atoms with Crippen molar-refractivity contribution in [3.63, 3.8) is 0 Å². The zero-order valence-corrected chi connectivity index (χ0v) is 24.0. The van der Waals surface area contributed by atoms with Crippen molar-refractivity contribution in [3.8, 4) is 0 Å². The first-order valence-corrected chi connectivity index (χ1v) is 15.1. The number of aromatic nitrogens is 3. The number of carbonyl (C=O) groups excluding carboxylic acids is 1. The molecule has 208 valence electrons. The lowest BCUT2D eigenvalue weighted by Gasteiger charge is -2.38. The number of amides is 1. The molecule has 39 heavy (non-hydrogen) atoms. The maximum absolute atomic E-state index is 13.2. The second kappa shape index (κ2) is 12.1. The average molecular weight is 552 g/mol. The molecule has 3 aromatic rings. The molecule has 1 aliphatic heterocycles. The van der Waals surface area contributed by atoms with Crippen LogP contribution in [0.15, 0.2) is 42.9 Å². The van der Waals surface area contributed by atoms with Gasteiger partial charge in [-0.2, -0.15) is 0 Å². The van der Waals surface area contributed by atoms with E-state index in [1.807, 2.05) is 18.0 Å². The van der Waals surface area contributed by atoms with Crippen LogP contribution in [-0.4, -0.2) is 59.1 Å². The molecule has 3 heterocycles. The molecule has 0 aliphatic carbocycles. The second-order valence-corrected chi connectivity index (χ2v) is 12.1. The van der Waals surface area contributed by atoms with Crippen molar-refractivity contribution in [2.75, 3.05) is 22.8 Å². The minimum absolute atomic E-state index is 0.00750. The molecule has 1 aromatic carbocycles. The van der Waals surface area contributed by atoms with Gasteiger partial charge in [-0.25, -0.2) is 18.4 Å². The molecule has 10 nitrogen and oxygen atoms in total. The van der Waals surface area contributed by atoms with Crippen LogP contribution < -0.4 is 15.4 Å². The van der Waals surface area contributed by atoms with E-state index in [0.717, 1.165) is 42.5 Å². The molecular formula is C28H37N7O3S. The van der Waals surface area contributed by atoms with Crippen LogP contribution in [0.1, 0.15) is 59.4 Å². The number of anilines is 3. The Morgan fingerprint density at radius 1 is 1.08 bits per heavy atom. The summed E-state index contributed by atoms with van der Waals surface area (Å²) < 4.78 is 25.5. The molecule has 2 aromatic heterocycles. The lowest BCUT2D eigenvalue weighted by molar-refractivity contribution is 0.0601. The molecule has 1 fully saturated rings. The summed E-state index contributed by atoms with van der Waals surface area (Å²) in [4.78, 5) is 28.4.